The highest BCUT2D eigenvalue weighted by Crippen LogP contribution is 2.15. The Hall–Kier alpha value is -2.62. The van der Waals surface area contributed by atoms with Gasteiger partial charge in [0.2, 0.25) is 0 Å². The zero-order valence-corrected chi connectivity index (χ0v) is 10.4. The number of nitrogens with zero attached hydrogens (tertiary/aromatic N) is 2. The van der Waals surface area contributed by atoms with Crippen molar-refractivity contribution in [3.05, 3.63) is 66.0 Å². The van der Waals surface area contributed by atoms with E-state index in [1.54, 1.807) is 0 Å². The number of aromatic amines is 1. The van der Waals surface area contributed by atoms with E-state index in [2.05, 4.69) is 15.2 Å². The first-order valence-electron chi connectivity index (χ1n) is 6.12. The number of rotatable bonds is 3. The van der Waals surface area contributed by atoms with Crippen LogP contribution in [0.15, 0.2) is 54.6 Å². The minimum absolute atomic E-state index is 0.699. The van der Waals surface area contributed by atoms with Crippen molar-refractivity contribution in [1.29, 1.82) is 0 Å². The molecule has 3 aromatic rings. The molecule has 0 aliphatic rings. The molecule has 94 valence electrons. The predicted molar refractivity (Wildman–Crippen MR) is 75.5 cm³/mol. The van der Waals surface area contributed by atoms with Crippen LogP contribution in [0.3, 0.4) is 0 Å². The lowest BCUT2D eigenvalue weighted by atomic mass is 10.1. The van der Waals surface area contributed by atoms with E-state index in [9.17, 15) is 0 Å². The van der Waals surface area contributed by atoms with Crippen LogP contribution in [0, 0.1) is 0 Å². The van der Waals surface area contributed by atoms with Crippen LogP contribution in [0.25, 0.3) is 11.4 Å². The SMILES string of the molecule is Nc1cccc(Cc2nc(-c3ccccc3)n[nH]2)c1. The quantitative estimate of drug-likeness (QED) is 0.702. The number of nitrogen functional groups attached to an aromatic ring is 1. The molecule has 0 aliphatic carbocycles. The smallest absolute Gasteiger partial charge is 0.181 e. The summed E-state index contributed by atoms with van der Waals surface area (Å²) in [5, 5.41) is 7.21. The van der Waals surface area contributed by atoms with E-state index in [0.717, 1.165) is 28.5 Å². The van der Waals surface area contributed by atoms with Crippen molar-refractivity contribution in [2.75, 3.05) is 5.73 Å². The first kappa shape index (κ1) is 11.5. The molecule has 4 nitrogen and oxygen atoms in total. The molecule has 0 unspecified atom stereocenters. The average Bonchev–Trinajstić information content (AvgIpc) is 2.88. The third-order valence-corrected chi connectivity index (χ3v) is 2.89. The minimum Gasteiger partial charge on any atom is -0.399 e. The zero-order valence-electron chi connectivity index (χ0n) is 10.4. The van der Waals surface area contributed by atoms with E-state index in [-0.39, 0.29) is 0 Å². The monoisotopic (exact) mass is 250 g/mol. The van der Waals surface area contributed by atoms with E-state index in [1.165, 1.54) is 0 Å². The molecule has 0 saturated heterocycles. The molecular weight excluding hydrogens is 236 g/mol. The Bertz CT molecular complexity index is 673. The van der Waals surface area contributed by atoms with Gasteiger partial charge < -0.3 is 5.73 Å². The Morgan fingerprint density at radius 3 is 2.63 bits per heavy atom. The van der Waals surface area contributed by atoms with Gasteiger partial charge in [-0.15, -0.1) is 0 Å². The number of anilines is 1. The van der Waals surface area contributed by atoms with Gasteiger partial charge in [-0.3, -0.25) is 5.10 Å². The van der Waals surface area contributed by atoms with Crippen LogP contribution in [-0.4, -0.2) is 15.2 Å². The van der Waals surface area contributed by atoms with Crippen molar-refractivity contribution in [3.8, 4) is 11.4 Å². The molecule has 0 radical (unpaired) electrons. The number of nitrogens with two attached hydrogens (primary N) is 1. The highest BCUT2D eigenvalue weighted by atomic mass is 15.2. The molecular formula is C15H14N4. The Kier molecular flexibility index (Phi) is 2.98. The van der Waals surface area contributed by atoms with Crippen molar-refractivity contribution in [3.63, 3.8) is 0 Å². The van der Waals surface area contributed by atoms with Crippen LogP contribution in [0.1, 0.15) is 11.4 Å². The van der Waals surface area contributed by atoms with E-state index in [1.807, 2.05) is 54.6 Å². The Balaban J connectivity index is 1.82. The lowest BCUT2D eigenvalue weighted by Gasteiger charge is -1.99. The molecule has 3 rings (SSSR count). The first-order chi connectivity index (χ1) is 9.31. The first-order valence-corrected chi connectivity index (χ1v) is 6.12. The molecule has 0 saturated carbocycles. The second kappa shape index (κ2) is 4.94. The highest BCUT2D eigenvalue weighted by Gasteiger charge is 2.06. The van der Waals surface area contributed by atoms with Crippen LogP contribution in [0.4, 0.5) is 5.69 Å². The number of nitrogens with one attached hydrogen (secondary N) is 1. The summed E-state index contributed by atoms with van der Waals surface area (Å²) in [6, 6.07) is 17.7. The molecule has 19 heavy (non-hydrogen) atoms. The van der Waals surface area contributed by atoms with Gasteiger partial charge in [0.05, 0.1) is 0 Å². The fourth-order valence-electron chi connectivity index (χ4n) is 1.99. The van der Waals surface area contributed by atoms with Gasteiger partial charge in [-0.05, 0) is 17.7 Å². The molecule has 1 heterocycles. The molecule has 0 spiro atoms. The second-order valence-corrected chi connectivity index (χ2v) is 4.39. The van der Waals surface area contributed by atoms with E-state index in [0.29, 0.717) is 6.42 Å². The van der Waals surface area contributed by atoms with Gasteiger partial charge in [0.1, 0.15) is 5.82 Å². The van der Waals surface area contributed by atoms with Crippen LogP contribution in [0.5, 0.6) is 0 Å². The third kappa shape index (κ3) is 2.63. The van der Waals surface area contributed by atoms with Gasteiger partial charge in [-0.1, -0.05) is 42.5 Å². The van der Waals surface area contributed by atoms with E-state index >= 15 is 0 Å². The van der Waals surface area contributed by atoms with Crippen LogP contribution < -0.4 is 5.73 Å². The molecule has 0 bridgehead atoms. The maximum Gasteiger partial charge on any atom is 0.181 e. The van der Waals surface area contributed by atoms with Crippen molar-refractivity contribution in [2.24, 2.45) is 0 Å². The lowest BCUT2D eigenvalue weighted by molar-refractivity contribution is 0.973. The van der Waals surface area contributed by atoms with Crippen LogP contribution in [-0.2, 0) is 6.42 Å². The number of aromatic nitrogens is 3. The molecule has 0 amide bonds. The average molecular weight is 250 g/mol. The summed E-state index contributed by atoms with van der Waals surface area (Å²) < 4.78 is 0. The fraction of sp³-hybridized carbons (Fsp3) is 0.0667. The zero-order chi connectivity index (χ0) is 13.1. The Labute approximate surface area is 111 Å². The number of hydrogen-bond donors (Lipinski definition) is 2. The number of benzene rings is 2. The summed E-state index contributed by atoms with van der Waals surface area (Å²) in [5.41, 5.74) is 8.66. The van der Waals surface area contributed by atoms with Gasteiger partial charge in [0.25, 0.3) is 0 Å². The fourth-order valence-corrected chi connectivity index (χ4v) is 1.99. The van der Waals surface area contributed by atoms with Crippen molar-refractivity contribution < 1.29 is 0 Å². The maximum atomic E-state index is 5.76. The Morgan fingerprint density at radius 1 is 1.00 bits per heavy atom. The maximum absolute atomic E-state index is 5.76. The van der Waals surface area contributed by atoms with E-state index < -0.39 is 0 Å². The van der Waals surface area contributed by atoms with E-state index in [4.69, 9.17) is 5.73 Å². The van der Waals surface area contributed by atoms with Crippen LogP contribution in [0.2, 0.25) is 0 Å². The molecule has 4 heteroatoms. The Morgan fingerprint density at radius 2 is 1.84 bits per heavy atom. The largest absolute Gasteiger partial charge is 0.399 e. The molecule has 0 fully saturated rings. The minimum atomic E-state index is 0.699. The molecule has 1 aromatic heterocycles. The van der Waals surface area contributed by atoms with Crippen LogP contribution >= 0.6 is 0 Å². The molecule has 0 atom stereocenters. The normalized spacial score (nSPS) is 10.5. The van der Waals surface area contributed by atoms with Gasteiger partial charge >= 0.3 is 0 Å². The lowest BCUT2D eigenvalue weighted by Crippen LogP contribution is -1.93. The van der Waals surface area contributed by atoms with Gasteiger partial charge in [0.15, 0.2) is 5.82 Å². The van der Waals surface area contributed by atoms with Gasteiger partial charge in [0, 0.05) is 17.7 Å². The van der Waals surface area contributed by atoms with Gasteiger partial charge in [-0.2, -0.15) is 5.10 Å². The summed E-state index contributed by atoms with van der Waals surface area (Å²) in [5.74, 6) is 1.56. The number of hydrogen-bond acceptors (Lipinski definition) is 3. The standard InChI is InChI=1S/C15H14N4/c16-13-8-4-5-11(9-13)10-14-17-15(19-18-14)12-6-2-1-3-7-12/h1-9H,10,16H2,(H,17,18,19). The van der Waals surface area contributed by atoms with Gasteiger partial charge in [-0.25, -0.2) is 4.98 Å². The predicted octanol–water partition coefficient (Wildman–Crippen LogP) is 2.64. The van der Waals surface area contributed by atoms with Crippen molar-refractivity contribution in [2.45, 2.75) is 6.42 Å². The summed E-state index contributed by atoms with van der Waals surface area (Å²) in [6.45, 7) is 0. The summed E-state index contributed by atoms with van der Waals surface area (Å²) in [7, 11) is 0. The topological polar surface area (TPSA) is 67.6 Å². The molecule has 3 N–H and O–H groups in total. The summed E-state index contributed by atoms with van der Waals surface area (Å²) in [4.78, 5) is 4.50. The second-order valence-electron chi connectivity index (χ2n) is 4.39. The molecule has 0 aliphatic heterocycles. The summed E-state index contributed by atoms with van der Waals surface area (Å²) in [6.07, 6.45) is 0.699. The molecule has 2 aromatic carbocycles. The highest BCUT2D eigenvalue weighted by molar-refractivity contribution is 5.54. The number of H-pyrrole nitrogens is 1. The van der Waals surface area contributed by atoms with Crippen molar-refractivity contribution in [1.82, 2.24) is 15.2 Å². The van der Waals surface area contributed by atoms with Crippen molar-refractivity contribution >= 4 is 5.69 Å². The third-order valence-electron chi connectivity index (χ3n) is 2.89. The summed E-state index contributed by atoms with van der Waals surface area (Å²) >= 11 is 0.